The van der Waals surface area contributed by atoms with E-state index >= 15 is 0 Å². The number of hydrogen-bond donors (Lipinski definition) is 2. The van der Waals surface area contributed by atoms with Gasteiger partial charge in [0.2, 0.25) is 5.91 Å². The lowest BCUT2D eigenvalue weighted by Crippen LogP contribution is -2.50. The second kappa shape index (κ2) is 9.28. The van der Waals surface area contributed by atoms with E-state index in [4.69, 9.17) is 0 Å². The highest BCUT2D eigenvalue weighted by atomic mass is 35.5. The molecule has 2 rings (SSSR count). The third-order valence-electron chi connectivity index (χ3n) is 3.59. The standard InChI is InChI=1S/C15H21FN2OS.ClH/c1-11-6-8-17-10-14(11)18-15(19)7-9-20-13-4-2-12(16)3-5-13;/h2-5,11,14,17H,6-10H2,1H3,(H,18,19);1H. The van der Waals surface area contributed by atoms with Gasteiger partial charge in [-0.3, -0.25) is 4.79 Å². The molecule has 0 bridgehead atoms. The van der Waals surface area contributed by atoms with E-state index < -0.39 is 0 Å². The van der Waals surface area contributed by atoms with E-state index in [2.05, 4.69) is 17.6 Å². The number of carbonyl (C=O) groups excluding carboxylic acids is 1. The lowest BCUT2D eigenvalue weighted by Gasteiger charge is -2.30. The van der Waals surface area contributed by atoms with Crippen molar-refractivity contribution in [3.05, 3.63) is 30.1 Å². The highest BCUT2D eigenvalue weighted by molar-refractivity contribution is 7.99. The Kier molecular flexibility index (Phi) is 8.07. The molecule has 1 amide bonds. The summed E-state index contributed by atoms with van der Waals surface area (Å²) in [5, 5.41) is 6.39. The Balaban J connectivity index is 0.00000220. The molecule has 1 aromatic carbocycles. The maximum Gasteiger partial charge on any atom is 0.221 e. The van der Waals surface area contributed by atoms with Gasteiger partial charge >= 0.3 is 0 Å². The fraction of sp³-hybridized carbons (Fsp3) is 0.533. The third-order valence-corrected chi connectivity index (χ3v) is 4.60. The van der Waals surface area contributed by atoms with Crippen molar-refractivity contribution >= 4 is 30.1 Å². The Morgan fingerprint density at radius 2 is 2.14 bits per heavy atom. The van der Waals surface area contributed by atoms with Crippen molar-refractivity contribution in [3.63, 3.8) is 0 Å². The number of amides is 1. The molecular weight excluding hydrogens is 311 g/mol. The van der Waals surface area contributed by atoms with Gasteiger partial charge in [0.25, 0.3) is 0 Å². The van der Waals surface area contributed by atoms with E-state index in [9.17, 15) is 9.18 Å². The van der Waals surface area contributed by atoms with Crippen LogP contribution in [0, 0.1) is 11.7 Å². The Morgan fingerprint density at radius 1 is 1.43 bits per heavy atom. The van der Waals surface area contributed by atoms with E-state index in [0.29, 0.717) is 18.1 Å². The largest absolute Gasteiger partial charge is 0.352 e. The number of halogens is 2. The quantitative estimate of drug-likeness (QED) is 0.815. The molecule has 21 heavy (non-hydrogen) atoms. The predicted octanol–water partition coefficient (Wildman–Crippen LogP) is 2.84. The maximum absolute atomic E-state index is 12.8. The smallest absolute Gasteiger partial charge is 0.221 e. The van der Waals surface area contributed by atoms with Crippen molar-refractivity contribution in [2.24, 2.45) is 5.92 Å². The van der Waals surface area contributed by atoms with Gasteiger partial charge in [0.05, 0.1) is 0 Å². The zero-order chi connectivity index (χ0) is 14.4. The number of carbonyl (C=O) groups is 1. The third kappa shape index (κ3) is 6.24. The lowest BCUT2D eigenvalue weighted by atomic mass is 9.95. The summed E-state index contributed by atoms with van der Waals surface area (Å²) in [5.74, 6) is 1.11. The zero-order valence-electron chi connectivity index (χ0n) is 12.1. The van der Waals surface area contributed by atoms with Crippen molar-refractivity contribution in [3.8, 4) is 0 Å². The van der Waals surface area contributed by atoms with E-state index in [1.54, 1.807) is 23.9 Å². The van der Waals surface area contributed by atoms with Crippen molar-refractivity contribution in [2.75, 3.05) is 18.8 Å². The summed E-state index contributed by atoms with van der Waals surface area (Å²) in [6.45, 7) is 4.07. The van der Waals surface area contributed by atoms with Gasteiger partial charge in [-0.1, -0.05) is 6.92 Å². The summed E-state index contributed by atoms with van der Waals surface area (Å²) in [4.78, 5) is 12.9. The number of piperidine rings is 1. The first kappa shape index (κ1) is 18.3. The molecule has 1 saturated heterocycles. The van der Waals surface area contributed by atoms with Crippen LogP contribution in [0.1, 0.15) is 19.8 Å². The lowest BCUT2D eigenvalue weighted by molar-refractivity contribution is -0.121. The Labute approximate surface area is 135 Å². The second-order valence-electron chi connectivity index (χ2n) is 5.20. The molecule has 1 aliphatic rings. The summed E-state index contributed by atoms with van der Waals surface area (Å²) in [6.07, 6.45) is 1.60. The van der Waals surface area contributed by atoms with Crippen molar-refractivity contribution in [1.82, 2.24) is 10.6 Å². The van der Waals surface area contributed by atoms with Crippen LogP contribution < -0.4 is 10.6 Å². The molecule has 2 N–H and O–H groups in total. The van der Waals surface area contributed by atoms with Gasteiger partial charge in [-0.25, -0.2) is 4.39 Å². The summed E-state index contributed by atoms with van der Waals surface area (Å²) in [7, 11) is 0. The van der Waals surface area contributed by atoms with Gasteiger partial charge in [0.15, 0.2) is 0 Å². The van der Waals surface area contributed by atoms with Crippen LogP contribution in [0.3, 0.4) is 0 Å². The Bertz CT molecular complexity index is 444. The summed E-state index contributed by atoms with van der Waals surface area (Å²) < 4.78 is 12.8. The van der Waals surface area contributed by atoms with Gasteiger partial charge in [0.1, 0.15) is 5.82 Å². The van der Waals surface area contributed by atoms with E-state index in [1.807, 2.05) is 0 Å². The fourth-order valence-corrected chi connectivity index (χ4v) is 3.11. The molecule has 0 spiro atoms. The first-order valence-corrected chi connectivity index (χ1v) is 8.02. The van der Waals surface area contributed by atoms with Crippen LogP contribution in [-0.4, -0.2) is 30.8 Å². The highest BCUT2D eigenvalue weighted by Gasteiger charge is 2.22. The molecule has 118 valence electrons. The molecule has 2 atom stereocenters. The first-order chi connectivity index (χ1) is 9.65. The number of thioether (sulfide) groups is 1. The molecule has 1 aliphatic heterocycles. The Hall–Kier alpha value is -0.780. The predicted molar refractivity (Wildman–Crippen MR) is 87.6 cm³/mol. The molecule has 0 radical (unpaired) electrons. The van der Waals surface area contributed by atoms with Crippen molar-refractivity contribution < 1.29 is 9.18 Å². The van der Waals surface area contributed by atoms with Crippen LogP contribution in [0.4, 0.5) is 4.39 Å². The molecule has 6 heteroatoms. The van der Waals surface area contributed by atoms with Crippen LogP contribution >= 0.6 is 24.2 Å². The minimum atomic E-state index is -0.231. The SMILES string of the molecule is CC1CCNCC1NC(=O)CCSc1ccc(F)cc1.Cl. The number of benzene rings is 1. The number of nitrogens with one attached hydrogen (secondary N) is 2. The van der Waals surface area contributed by atoms with E-state index in [1.165, 1.54) is 12.1 Å². The van der Waals surface area contributed by atoms with Gasteiger partial charge in [-0.05, 0) is 43.1 Å². The van der Waals surface area contributed by atoms with Crippen molar-refractivity contribution in [2.45, 2.75) is 30.7 Å². The molecule has 3 nitrogen and oxygen atoms in total. The number of rotatable bonds is 5. The zero-order valence-corrected chi connectivity index (χ0v) is 13.7. The van der Waals surface area contributed by atoms with Crippen LogP contribution in [0.5, 0.6) is 0 Å². The first-order valence-electron chi connectivity index (χ1n) is 7.03. The minimum absolute atomic E-state index is 0. The maximum atomic E-state index is 12.8. The average Bonchev–Trinajstić information content (AvgIpc) is 2.44. The number of hydrogen-bond acceptors (Lipinski definition) is 3. The molecule has 0 aliphatic carbocycles. The summed E-state index contributed by atoms with van der Waals surface area (Å²) >= 11 is 1.58. The fourth-order valence-electron chi connectivity index (χ4n) is 2.25. The topological polar surface area (TPSA) is 41.1 Å². The van der Waals surface area contributed by atoms with Crippen LogP contribution in [0.2, 0.25) is 0 Å². The minimum Gasteiger partial charge on any atom is -0.352 e. The normalized spacial score (nSPS) is 21.4. The van der Waals surface area contributed by atoms with Gasteiger partial charge in [-0.15, -0.1) is 24.2 Å². The summed E-state index contributed by atoms with van der Waals surface area (Å²) in [5.41, 5.74) is 0. The molecule has 0 aromatic heterocycles. The van der Waals surface area contributed by atoms with Gasteiger partial charge < -0.3 is 10.6 Å². The average molecular weight is 333 g/mol. The van der Waals surface area contributed by atoms with E-state index in [0.717, 1.165) is 24.4 Å². The highest BCUT2D eigenvalue weighted by Crippen LogP contribution is 2.19. The Morgan fingerprint density at radius 3 is 2.81 bits per heavy atom. The summed E-state index contributed by atoms with van der Waals surface area (Å²) in [6, 6.07) is 6.61. The molecule has 1 fully saturated rings. The van der Waals surface area contributed by atoms with E-state index in [-0.39, 0.29) is 30.2 Å². The molecule has 1 aromatic rings. The molecule has 1 heterocycles. The van der Waals surface area contributed by atoms with Gasteiger partial charge in [0, 0.05) is 29.7 Å². The van der Waals surface area contributed by atoms with Crippen molar-refractivity contribution in [1.29, 1.82) is 0 Å². The molecular formula is C15H22ClFN2OS. The second-order valence-corrected chi connectivity index (χ2v) is 6.36. The van der Waals surface area contributed by atoms with Crippen LogP contribution in [0.25, 0.3) is 0 Å². The molecule has 0 saturated carbocycles. The molecule has 2 unspecified atom stereocenters. The van der Waals surface area contributed by atoms with Crippen LogP contribution in [-0.2, 0) is 4.79 Å². The van der Waals surface area contributed by atoms with Gasteiger partial charge in [-0.2, -0.15) is 0 Å². The van der Waals surface area contributed by atoms with Crippen LogP contribution in [0.15, 0.2) is 29.2 Å². The monoisotopic (exact) mass is 332 g/mol.